The smallest absolute Gasteiger partial charge is 0.308 e. The third kappa shape index (κ3) is 8.02. The van der Waals surface area contributed by atoms with E-state index in [1.54, 1.807) is 19.1 Å². The predicted octanol–water partition coefficient (Wildman–Crippen LogP) is 3.26. The summed E-state index contributed by atoms with van der Waals surface area (Å²) < 4.78 is 5.01. The second kappa shape index (κ2) is 9.06. The van der Waals surface area contributed by atoms with Crippen molar-refractivity contribution >= 4 is 17.5 Å². The van der Waals surface area contributed by atoms with Gasteiger partial charge in [0.1, 0.15) is 17.3 Å². The van der Waals surface area contributed by atoms with Crippen LogP contribution in [0.2, 0.25) is 0 Å². The van der Waals surface area contributed by atoms with E-state index in [4.69, 9.17) is 4.74 Å². The van der Waals surface area contributed by atoms with E-state index in [0.29, 0.717) is 31.4 Å². The molecule has 114 valence electrons. The molecule has 0 aromatic heterocycles. The number of benzene rings is 1. The highest BCUT2D eigenvalue weighted by molar-refractivity contribution is 5.79. The van der Waals surface area contributed by atoms with Crippen molar-refractivity contribution in [1.29, 1.82) is 0 Å². The molecule has 0 unspecified atom stereocenters. The monoisotopic (exact) mass is 290 g/mol. The molecule has 0 aliphatic heterocycles. The van der Waals surface area contributed by atoms with Crippen molar-refractivity contribution in [3.05, 3.63) is 29.8 Å². The minimum atomic E-state index is -0.353. The Labute approximate surface area is 125 Å². The lowest BCUT2D eigenvalue weighted by Gasteiger charge is -2.05. The lowest BCUT2D eigenvalue weighted by Crippen LogP contribution is -2.03. The molecule has 0 radical (unpaired) electrons. The molecule has 4 nitrogen and oxygen atoms in total. The van der Waals surface area contributed by atoms with Gasteiger partial charge in [0.15, 0.2) is 0 Å². The Hall–Kier alpha value is -1.97. The van der Waals surface area contributed by atoms with Crippen molar-refractivity contribution in [2.45, 2.75) is 52.4 Å². The lowest BCUT2D eigenvalue weighted by atomic mass is 10.0. The normalized spacial score (nSPS) is 10.2. The minimum Gasteiger partial charge on any atom is -0.427 e. The highest BCUT2D eigenvalue weighted by Crippen LogP contribution is 2.15. The van der Waals surface area contributed by atoms with Gasteiger partial charge in [-0.3, -0.25) is 9.59 Å². The van der Waals surface area contributed by atoms with Gasteiger partial charge in [0.25, 0.3) is 0 Å². The molecule has 0 saturated heterocycles. The zero-order valence-corrected chi connectivity index (χ0v) is 12.7. The van der Waals surface area contributed by atoms with E-state index in [9.17, 15) is 14.4 Å². The molecule has 0 spiro atoms. The van der Waals surface area contributed by atoms with Crippen LogP contribution >= 0.6 is 0 Å². The Balaban J connectivity index is 2.32. The highest BCUT2D eigenvalue weighted by atomic mass is 16.5. The van der Waals surface area contributed by atoms with Crippen LogP contribution in [0.4, 0.5) is 0 Å². The van der Waals surface area contributed by atoms with Gasteiger partial charge < -0.3 is 9.53 Å². The zero-order chi connectivity index (χ0) is 15.7. The van der Waals surface area contributed by atoms with Crippen molar-refractivity contribution in [2.24, 2.45) is 0 Å². The van der Waals surface area contributed by atoms with Gasteiger partial charge >= 0.3 is 5.97 Å². The molecule has 0 saturated carbocycles. The fraction of sp³-hybridized carbons (Fsp3) is 0.471. The average molecular weight is 290 g/mol. The summed E-state index contributed by atoms with van der Waals surface area (Å²) in [5.74, 6) is 0.531. The number of ether oxygens (including phenoxy) is 1. The van der Waals surface area contributed by atoms with E-state index in [0.717, 1.165) is 18.4 Å². The van der Waals surface area contributed by atoms with E-state index < -0.39 is 0 Å². The number of esters is 1. The first kappa shape index (κ1) is 17.1. The van der Waals surface area contributed by atoms with Crippen molar-refractivity contribution in [3.8, 4) is 5.75 Å². The molecule has 21 heavy (non-hydrogen) atoms. The van der Waals surface area contributed by atoms with Crippen LogP contribution in [0.1, 0.15) is 51.5 Å². The lowest BCUT2D eigenvalue weighted by molar-refractivity contribution is -0.132. The summed E-state index contributed by atoms with van der Waals surface area (Å²) in [4.78, 5) is 33.4. The summed E-state index contributed by atoms with van der Waals surface area (Å²) in [6.45, 7) is 2.93. The zero-order valence-electron chi connectivity index (χ0n) is 12.7. The number of rotatable bonds is 9. The van der Waals surface area contributed by atoms with Gasteiger partial charge in [-0.1, -0.05) is 12.1 Å². The van der Waals surface area contributed by atoms with Crippen LogP contribution in [-0.2, 0) is 20.8 Å². The number of hydrogen-bond donors (Lipinski definition) is 0. The highest BCUT2D eigenvalue weighted by Gasteiger charge is 2.05. The minimum absolute atomic E-state index is 0.171. The van der Waals surface area contributed by atoms with E-state index in [2.05, 4.69) is 0 Å². The largest absolute Gasteiger partial charge is 0.427 e. The molecule has 0 amide bonds. The quantitative estimate of drug-likeness (QED) is 0.398. The molecule has 0 bridgehead atoms. The Morgan fingerprint density at radius 2 is 1.71 bits per heavy atom. The first-order chi connectivity index (χ1) is 9.97. The van der Waals surface area contributed by atoms with Crippen LogP contribution in [-0.4, -0.2) is 17.5 Å². The number of carbonyl (C=O) groups is 3. The topological polar surface area (TPSA) is 60.4 Å². The van der Waals surface area contributed by atoms with Gasteiger partial charge in [0.2, 0.25) is 0 Å². The summed E-state index contributed by atoms with van der Waals surface area (Å²) in [6, 6.07) is 7.22. The first-order valence-electron chi connectivity index (χ1n) is 7.26. The van der Waals surface area contributed by atoms with Gasteiger partial charge in [-0.15, -0.1) is 0 Å². The van der Waals surface area contributed by atoms with Gasteiger partial charge in [-0.2, -0.15) is 0 Å². The molecule has 0 aliphatic carbocycles. The van der Waals surface area contributed by atoms with Crippen molar-refractivity contribution in [3.63, 3.8) is 0 Å². The molecule has 4 heteroatoms. The number of Topliss-reactive ketones (excluding diaryl/α,β-unsaturated/α-hetero) is 2. The molecule has 0 N–H and O–H groups in total. The number of aryl methyl sites for hydroxylation is 1. The fourth-order valence-electron chi connectivity index (χ4n) is 2.04. The number of unbranched alkanes of at least 4 members (excludes halogenated alkanes) is 1. The number of carbonyl (C=O) groups excluding carboxylic acids is 3. The maximum absolute atomic E-state index is 11.8. The Bertz CT molecular complexity index is 505. The van der Waals surface area contributed by atoms with Crippen LogP contribution in [0.15, 0.2) is 24.3 Å². The third-order valence-electron chi connectivity index (χ3n) is 3.09. The predicted molar refractivity (Wildman–Crippen MR) is 80.2 cm³/mol. The Morgan fingerprint density at radius 3 is 2.38 bits per heavy atom. The summed E-state index contributed by atoms with van der Waals surface area (Å²) in [7, 11) is 0. The van der Waals surface area contributed by atoms with Crippen LogP contribution in [0.5, 0.6) is 5.75 Å². The van der Waals surface area contributed by atoms with Gasteiger partial charge in [0, 0.05) is 26.2 Å². The van der Waals surface area contributed by atoms with E-state index >= 15 is 0 Å². The maximum Gasteiger partial charge on any atom is 0.308 e. The third-order valence-corrected chi connectivity index (χ3v) is 3.09. The molecule has 1 rings (SSSR count). The van der Waals surface area contributed by atoms with Crippen LogP contribution in [0, 0.1) is 0 Å². The van der Waals surface area contributed by atoms with Crippen LogP contribution in [0.3, 0.4) is 0 Å². The molecule has 0 aliphatic rings. The summed E-state index contributed by atoms with van der Waals surface area (Å²) in [5, 5.41) is 0. The van der Waals surface area contributed by atoms with Crippen LogP contribution < -0.4 is 4.74 Å². The van der Waals surface area contributed by atoms with Gasteiger partial charge in [-0.25, -0.2) is 0 Å². The van der Waals surface area contributed by atoms with Gasteiger partial charge in [0.05, 0.1) is 0 Å². The second-order valence-corrected chi connectivity index (χ2v) is 5.19. The molecular formula is C17H22O4. The summed E-state index contributed by atoms with van der Waals surface area (Å²) >= 11 is 0. The summed E-state index contributed by atoms with van der Waals surface area (Å²) in [5.41, 5.74) is 0.978. The molecule has 0 atom stereocenters. The molecule has 1 aromatic carbocycles. The fourth-order valence-corrected chi connectivity index (χ4v) is 2.04. The molecule has 1 aromatic rings. The maximum atomic E-state index is 11.8. The van der Waals surface area contributed by atoms with Crippen molar-refractivity contribution in [1.82, 2.24) is 0 Å². The first-order valence-corrected chi connectivity index (χ1v) is 7.26. The van der Waals surface area contributed by atoms with Crippen molar-refractivity contribution < 1.29 is 19.1 Å². The van der Waals surface area contributed by atoms with Crippen LogP contribution in [0.25, 0.3) is 0 Å². The number of hydrogen-bond acceptors (Lipinski definition) is 4. The Morgan fingerprint density at radius 1 is 1.00 bits per heavy atom. The number of ketones is 2. The SMILES string of the molecule is CC(=O)CCCCC(=O)CCc1cccc(OC(C)=O)c1. The van der Waals surface area contributed by atoms with E-state index in [1.807, 2.05) is 12.1 Å². The molecule has 0 heterocycles. The van der Waals surface area contributed by atoms with E-state index in [-0.39, 0.29) is 17.5 Å². The summed E-state index contributed by atoms with van der Waals surface area (Å²) in [6.07, 6.45) is 3.74. The molecule has 0 fully saturated rings. The second-order valence-electron chi connectivity index (χ2n) is 5.19. The standard InChI is InChI=1S/C17H22O4/c1-13(18)6-3-4-8-16(20)11-10-15-7-5-9-17(12-15)21-14(2)19/h5,7,9,12H,3-4,6,8,10-11H2,1-2H3. The Kier molecular flexibility index (Phi) is 7.37. The molecular weight excluding hydrogens is 268 g/mol. The average Bonchev–Trinajstić information content (AvgIpc) is 2.41. The van der Waals surface area contributed by atoms with E-state index in [1.165, 1.54) is 6.92 Å². The van der Waals surface area contributed by atoms with Gasteiger partial charge in [-0.05, 0) is 43.9 Å². The van der Waals surface area contributed by atoms with Crippen molar-refractivity contribution in [2.75, 3.05) is 0 Å².